The van der Waals surface area contributed by atoms with Gasteiger partial charge in [0.1, 0.15) is 5.82 Å². The van der Waals surface area contributed by atoms with E-state index >= 15 is 0 Å². The van der Waals surface area contributed by atoms with E-state index in [2.05, 4.69) is 15.5 Å². The van der Waals surface area contributed by atoms with Crippen molar-refractivity contribution in [3.63, 3.8) is 0 Å². The van der Waals surface area contributed by atoms with Crippen molar-refractivity contribution in [2.24, 2.45) is 0 Å². The molecule has 0 saturated carbocycles. The zero-order valence-electron chi connectivity index (χ0n) is 17.6. The van der Waals surface area contributed by atoms with Gasteiger partial charge >= 0.3 is 6.03 Å². The lowest BCUT2D eigenvalue weighted by Gasteiger charge is -2.37. The van der Waals surface area contributed by atoms with E-state index in [0.717, 1.165) is 39.0 Å². The topological polar surface area (TPSA) is 64.7 Å². The average Bonchev–Trinajstić information content (AvgIpc) is 3.34. The third-order valence-electron chi connectivity index (χ3n) is 6.11. The highest BCUT2D eigenvalue weighted by Gasteiger charge is 2.29. The van der Waals surface area contributed by atoms with Crippen molar-refractivity contribution < 1.29 is 14.0 Å². The highest BCUT2D eigenvalue weighted by atomic mass is 19.1. The molecule has 7 heteroatoms. The molecule has 2 aromatic rings. The molecule has 0 unspecified atom stereocenters. The highest BCUT2D eigenvalue weighted by Crippen LogP contribution is 2.21. The van der Waals surface area contributed by atoms with Crippen molar-refractivity contribution in [1.82, 2.24) is 15.1 Å². The summed E-state index contributed by atoms with van der Waals surface area (Å²) in [6, 6.07) is 13.5. The Morgan fingerprint density at radius 3 is 2.61 bits per heavy atom. The van der Waals surface area contributed by atoms with Gasteiger partial charge in [0, 0.05) is 42.5 Å². The van der Waals surface area contributed by atoms with E-state index < -0.39 is 0 Å². The van der Waals surface area contributed by atoms with E-state index in [1.54, 1.807) is 42.5 Å². The van der Waals surface area contributed by atoms with Gasteiger partial charge in [-0.05, 0) is 63.0 Å². The Bertz CT molecular complexity index is 929. The Morgan fingerprint density at radius 1 is 1.00 bits per heavy atom. The predicted octanol–water partition coefficient (Wildman–Crippen LogP) is 3.85. The smallest absolute Gasteiger partial charge is 0.321 e. The molecule has 2 saturated heterocycles. The number of urea groups is 1. The second-order valence-electron chi connectivity index (χ2n) is 8.27. The SMILES string of the molecule is O=C(NCc1ccccc1F)c1cccc(NC(=O)N2CCC[C@@H](N3CCCC3)C2)c1. The van der Waals surface area contributed by atoms with Gasteiger partial charge in [-0.1, -0.05) is 24.3 Å². The molecular formula is C24H29FN4O2. The Labute approximate surface area is 182 Å². The van der Waals surface area contributed by atoms with Crippen LogP contribution < -0.4 is 10.6 Å². The molecule has 0 aromatic heterocycles. The van der Waals surface area contributed by atoms with Crippen molar-refractivity contribution in [3.8, 4) is 0 Å². The number of piperidine rings is 1. The molecule has 164 valence electrons. The number of halogens is 1. The van der Waals surface area contributed by atoms with E-state index in [1.807, 2.05) is 4.90 Å². The van der Waals surface area contributed by atoms with Gasteiger partial charge in [-0.25, -0.2) is 9.18 Å². The molecule has 2 fully saturated rings. The van der Waals surface area contributed by atoms with E-state index in [4.69, 9.17) is 0 Å². The fraction of sp³-hybridized carbons (Fsp3) is 0.417. The number of anilines is 1. The molecule has 0 spiro atoms. The number of hydrogen-bond acceptors (Lipinski definition) is 3. The first-order valence-electron chi connectivity index (χ1n) is 11.0. The second kappa shape index (κ2) is 9.92. The number of carbonyl (C=O) groups excluding carboxylic acids is 2. The molecule has 2 heterocycles. The van der Waals surface area contributed by atoms with E-state index in [-0.39, 0.29) is 24.3 Å². The molecule has 31 heavy (non-hydrogen) atoms. The summed E-state index contributed by atoms with van der Waals surface area (Å²) >= 11 is 0. The zero-order valence-corrected chi connectivity index (χ0v) is 17.6. The molecule has 2 aliphatic heterocycles. The number of benzene rings is 2. The maximum atomic E-state index is 13.7. The van der Waals surface area contributed by atoms with Crippen LogP contribution in [0.15, 0.2) is 48.5 Å². The lowest BCUT2D eigenvalue weighted by Crippen LogP contribution is -2.50. The van der Waals surface area contributed by atoms with Crippen LogP contribution in [0.2, 0.25) is 0 Å². The summed E-state index contributed by atoms with van der Waals surface area (Å²) in [6.07, 6.45) is 4.64. The van der Waals surface area contributed by atoms with Crippen molar-refractivity contribution >= 4 is 17.6 Å². The predicted molar refractivity (Wildman–Crippen MR) is 118 cm³/mol. The quantitative estimate of drug-likeness (QED) is 0.766. The van der Waals surface area contributed by atoms with Crippen LogP contribution in [0.25, 0.3) is 0 Å². The molecule has 0 radical (unpaired) electrons. The summed E-state index contributed by atoms with van der Waals surface area (Å²) < 4.78 is 13.7. The summed E-state index contributed by atoms with van der Waals surface area (Å²) in [6.45, 7) is 3.86. The molecule has 0 aliphatic carbocycles. The summed E-state index contributed by atoms with van der Waals surface area (Å²) in [5.74, 6) is -0.663. The fourth-order valence-corrected chi connectivity index (χ4v) is 4.40. The Balaban J connectivity index is 1.33. The Morgan fingerprint density at radius 2 is 1.81 bits per heavy atom. The normalized spacial score (nSPS) is 19.3. The van der Waals surface area contributed by atoms with Crippen molar-refractivity contribution in [1.29, 1.82) is 0 Å². The first kappa shape index (κ1) is 21.3. The first-order valence-corrected chi connectivity index (χ1v) is 11.0. The van der Waals surface area contributed by atoms with Gasteiger partial charge in [0.15, 0.2) is 0 Å². The third-order valence-corrected chi connectivity index (χ3v) is 6.11. The third kappa shape index (κ3) is 5.41. The molecule has 3 amide bonds. The van der Waals surface area contributed by atoms with Gasteiger partial charge in [-0.15, -0.1) is 0 Å². The molecule has 1 atom stereocenters. The largest absolute Gasteiger partial charge is 0.348 e. The molecule has 4 rings (SSSR count). The van der Waals surface area contributed by atoms with E-state index in [0.29, 0.717) is 22.9 Å². The molecule has 2 aromatic carbocycles. The number of hydrogen-bond donors (Lipinski definition) is 2. The van der Waals surface area contributed by atoms with Crippen molar-refractivity contribution in [3.05, 3.63) is 65.5 Å². The number of nitrogens with one attached hydrogen (secondary N) is 2. The number of carbonyl (C=O) groups is 2. The molecule has 6 nitrogen and oxygen atoms in total. The molecule has 2 N–H and O–H groups in total. The van der Waals surface area contributed by atoms with Crippen LogP contribution in [0.5, 0.6) is 0 Å². The second-order valence-corrected chi connectivity index (χ2v) is 8.27. The molecular weight excluding hydrogens is 395 g/mol. The minimum atomic E-state index is -0.349. The van der Waals surface area contributed by atoms with Gasteiger partial charge in [0.2, 0.25) is 0 Å². The summed E-state index contributed by atoms with van der Waals surface area (Å²) in [4.78, 5) is 29.7. The molecule has 2 aliphatic rings. The lowest BCUT2D eigenvalue weighted by atomic mass is 10.0. The Kier molecular flexibility index (Phi) is 6.82. The number of rotatable bonds is 5. The van der Waals surface area contributed by atoms with Crippen LogP contribution in [0.4, 0.5) is 14.9 Å². The van der Waals surface area contributed by atoms with Crippen LogP contribution >= 0.6 is 0 Å². The monoisotopic (exact) mass is 424 g/mol. The van der Waals surface area contributed by atoms with Gasteiger partial charge in [0.25, 0.3) is 5.91 Å². The maximum absolute atomic E-state index is 13.7. The van der Waals surface area contributed by atoms with Gasteiger partial charge in [-0.2, -0.15) is 0 Å². The lowest BCUT2D eigenvalue weighted by molar-refractivity contribution is 0.0950. The van der Waals surface area contributed by atoms with Crippen molar-refractivity contribution in [2.45, 2.75) is 38.3 Å². The van der Waals surface area contributed by atoms with Gasteiger partial charge in [-0.3, -0.25) is 9.69 Å². The van der Waals surface area contributed by atoms with Crippen LogP contribution in [-0.2, 0) is 6.54 Å². The maximum Gasteiger partial charge on any atom is 0.321 e. The van der Waals surface area contributed by atoms with Crippen molar-refractivity contribution in [2.75, 3.05) is 31.5 Å². The zero-order chi connectivity index (χ0) is 21.6. The summed E-state index contributed by atoms with van der Waals surface area (Å²) in [5.41, 5.74) is 1.42. The van der Waals surface area contributed by atoms with E-state index in [1.165, 1.54) is 18.9 Å². The van der Waals surface area contributed by atoms with E-state index in [9.17, 15) is 14.0 Å². The fourth-order valence-electron chi connectivity index (χ4n) is 4.40. The number of nitrogens with zero attached hydrogens (tertiary/aromatic N) is 2. The van der Waals surface area contributed by atoms with Crippen LogP contribution in [0.3, 0.4) is 0 Å². The minimum Gasteiger partial charge on any atom is -0.348 e. The van der Waals surface area contributed by atoms with Crippen LogP contribution in [0.1, 0.15) is 41.6 Å². The van der Waals surface area contributed by atoms with Gasteiger partial charge in [0.05, 0.1) is 0 Å². The van der Waals surface area contributed by atoms with Crippen LogP contribution in [-0.4, -0.2) is 54.0 Å². The average molecular weight is 425 g/mol. The minimum absolute atomic E-state index is 0.105. The Hall–Kier alpha value is -2.93. The molecule has 0 bridgehead atoms. The van der Waals surface area contributed by atoms with Crippen LogP contribution in [0, 0.1) is 5.82 Å². The number of amides is 3. The first-order chi connectivity index (χ1) is 15.1. The number of likely N-dealkylation sites (tertiary alicyclic amines) is 2. The highest BCUT2D eigenvalue weighted by molar-refractivity contribution is 5.96. The summed E-state index contributed by atoms with van der Waals surface area (Å²) in [5, 5.41) is 5.66. The standard InChI is InChI=1S/C24H29FN4O2/c25-22-11-2-1-7-19(22)16-26-23(30)18-8-5-9-20(15-18)27-24(31)29-14-6-10-21(17-29)28-12-3-4-13-28/h1-2,5,7-9,11,15,21H,3-4,6,10,12-14,16-17H2,(H,26,30)(H,27,31)/t21-/m1/s1. The summed E-state index contributed by atoms with van der Waals surface area (Å²) in [7, 11) is 0. The van der Waals surface area contributed by atoms with Gasteiger partial charge < -0.3 is 15.5 Å².